The van der Waals surface area contributed by atoms with Gasteiger partial charge in [0.2, 0.25) is 0 Å². The van der Waals surface area contributed by atoms with Crippen molar-refractivity contribution < 1.29 is 38.7 Å². The van der Waals surface area contributed by atoms with Crippen LogP contribution < -0.4 is 19.2 Å². The summed E-state index contributed by atoms with van der Waals surface area (Å²) in [5.41, 5.74) is 0. The van der Waals surface area contributed by atoms with Gasteiger partial charge in [-0.3, -0.25) is 0 Å². The van der Waals surface area contributed by atoms with Crippen molar-refractivity contribution in [2.45, 2.75) is 0 Å². The summed E-state index contributed by atoms with van der Waals surface area (Å²) in [6, 6.07) is 0. The monoisotopic (exact) mass is 194 g/mol. The van der Waals surface area contributed by atoms with E-state index in [4.69, 9.17) is 19.2 Å². The van der Waals surface area contributed by atoms with Gasteiger partial charge in [0.1, 0.15) is 0 Å². The van der Waals surface area contributed by atoms with Crippen LogP contribution in [0.2, 0.25) is 0 Å². The minimum atomic E-state index is -5.61. The third-order valence-electron chi connectivity index (χ3n) is 0. The normalized spacial score (nSPS) is 10.0. The third-order valence-corrected chi connectivity index (χ3v) is 0. The maximum atomic E-state index is 8.58. The van der Waals surface area contributed by atoms with Gasteiger partial charge in [-0.25, -0.2) is 0 Å². The molecule has 0 radical (unpaired) electrons. The van der Waals surface area contributed by atoms with E-state index in [1.807, 2.05) is 0 Å². The third kappa shape index (κ3) is 137. The average molecular weight is 193 g/mol. The van der Waals surface area contributed by atoms with Crippen molar-refractivity contribution in [3.8, 4) is 0 Å². The van der Waals surface area contributed by atoms with E-state index in [9.17, 15) is 0 Å². The minimum Gasteiger partial charge on any atom is -0.894 e. The molecule has 0 N–H and O–H groups in total. The molecule has 0 atom stereocenters. The molecule has 0 aromatic heterocycles. The molecule has 6 heteroatoms. The maximum Gasteiger partial charge on any atom is 4.00 e. The molecule has 0 heterocycles. The van der Waals surface area contributed by atoms with E-state index in [1.165, 1.54) is 0 Å². The topological polar surface area (TPSA) is 92.2 Å². The molecule has 0 unspecified atom stereocenters. The van der Waals surface area contributed by atoms with Crippen LogP contribution in [0.25, 0.3) is 0 Å². The summed E-state index contributed by atoms with van der Waals surface area (Å²) in [7, 11) is -5.61. The molecule has 0 aliphatic rings. The first-order chi connectivity index (χ1) is 2.00. The Kier molecular flexibility index (Phi) is 4.57. The van der Waals surface area contributed by atoms with E-state index in [0.29, 0.717) is 0 Å². The van der Waals surface area contributed by atoms with Gasteiger partial charge in [-0.1, -0.05) is 0 Å². The van der Waals surface area contributed by atoms with Crippen LogP contribution >= 0.6 is 0 Å². The Hall–Kier alpha value is 0.680. The Bertz CT molecular complexity index is 23.0. The van der Waals surface area contributed by atoms with Crippen molar-refractivity contribution in [1.29, 1.82) is 0 Å². The van der Waals surface area contributed by atoms with Gasteiger partial charge in [-0.15, -0.1) is 0 Å². The molecule has 0 aliphatic heterocycles. The van der Waals surface area contributed by atoms with Crippen molar-refractivity contribution in [3.63, 3.8) is 0 Å². The minimum absolute atomic E-state index is 0. The standard InChI is InChI=1S/O4Si.Ru/c1-5(2,3)4;/q-4;+4. The van der Waals surface area contributed by atoms with E-state index in [-0.39, 0.29) is 19.5 Å². The average Bonchev–Trinajstić information content (AvgIpc) is 0.722. The predicted molar refractivity (Wildman–Crippen MR) is 5.75 cm³/mol. The van der Waals surface area contributed by atoms with Gasteiger partial charge >= 0.3 is 19.5 Å². The second-order valence-corrected chi connectivity index (χ2v) is 1.50. The molecule has 0 aliphatic carbocycles. The Morgan fingerprint density at radius 3 is 0.833 bits per heavy atom. The molecular weight excluding hydrogens is 193 g/mol. The van der Waals surface area contributed by atoms with Crippen LogP contribution in [-0.2, 0) is 19.5 Å². The molecule has 0 amide bonds. The first-order valence-corrected chi connectivity index (χ1v) is 2.45. The second-order valence-electron chi connectivity index (χ2n) is 0.500. The van der Waals surface area contributed by atoms with Gasteiger partial charge in [0, 0.05) is 0 Å². The van der Waals surface area contributed by atoms with E-state index < -0.39 is 9.05 Å². The van der Waals surface area contributed by atoms with E-state index in [2.05, 4.69) is 0 Å². The second kappa shape index (κ2) is 2.79. The SMILES string of the molecule is [O-][Si]([O-])([O-])[O-].[Ru+4]. The number of rotatable bonds is 0. The van der Waals surface area contributed by atoms with Crippen LogP contribution in [0.4, 0.5) is 0 Å². The van der Waals surface area contributed by atoms with Crippen molar-refractivity contribution >= 4 is 9.05 Å². The van der Waals surface area contributed by atoms with Crippen molar-refractivity contribution in [3.05, 3.63) is 0 Å². The summed E-state index contributed by atoms with van der Waals surface area (Å²) >= 11 is 0. The summed E-state index contributed by atoms with van der Waals surface area (Å²) in [6.07, 6.45) is 0. The quantitative estimate of drug-likeness (QED) is 0.360. The molecule has 0 aromatic rings. The molecule has 0 aromatic carbocycles. The van der Waals surface area contributed by atoms with Crippen molar-refractivity contribution in [1.82, 2.24) is 0 Å². The maximum absolute atomic E-state index is 8.58. The van der Waals surface area contributed by atoms with Crippen LogP contribution in [-0.4, -0.2) is 9.05 Å². The first kappa shape index (κ1) is 9.84. The summed E-state index contributed by atoms with van der Waals surface area (Å²) in [6.45, 7) is 0. The summed E-state index contributed by atoms with van der Waals surface area (Å²) < 4.78 is 0. The molecule has 6 heavy (non-hydrogen) atoms. The van der Waals surface area contributed by atoms with Gasteiger partial charge in [-0.2, -0.15) is 0 Å². The molecule has 36 valence electrons. The zero-order chi connectivity index (χ0) is 4.50. The first-order valence-electron chi connectivity index (χ1n) is 0.816. The molecule has 0 rings (SSSR count). The fourth-order valence-electron chi connectivity index (χ4n) is 0. The predicted octanol–water partition coefficient (Wildman–Crippen LogP) is -5.14. The van der Waals surface area contributed by atoms with Crippen molar-refractivity contribution in [2.24, 2.45) is 0 Å². The zero-order valence-electron chi connectivity index (χ0n) is 2.49. The Morgan fingerprint density at radius 2 is 0.833 bits per heavy atom. The number of hydrogen-bond acceptors (Lipinski definition) is 4. The fourth-order valence-corrected chi connectivity index (χ4v) is 0. The molecule has 0 saturated heterocycles. The van der Waals surface area contributed by atoms with E-state index in [1.54, 1.807) is 0 Å². The van der Waals surface area contributed by atoms with Crippen LogP contribution in [0.15, 0.2) is 0 Å². The van der Waals surface area contributed by atoms with E-state index >= 15 is 0 Å². The van der Waals surface area contributed by atoms with E-state index in [0.717, 1.165) is 0 Å². The van der Waals surface area contributed by atoms with Gasteiger partial charge in [0.05, 0.1) is 0 Å². The largest absolute Gasteiger partial charge is 4.00 e. The van der Waals surface area contributed by atoms with Crippen LogP contribution in [0.5, 0.6) is 0 Å². The Morgan fingerprint density at radius 1 is 0.833 bits per heavy atom. The van der Waals surface area contributed by atoms with Gasteiger partial charge in [0.25, 0.3) is 0 Å². The van der Waals surface area contributed by atoms with Crippen LogP contribution in [0.3, 0.4) is 0 Å². The molecule has 0 bridgehead atoms. The summed E-state index contributed by atoms with van der Waals surface area (Å²) in [4.78, 5) is 34.3. The molecule has 0 saturated carbocycles. The van der Waals surface area contributed by atoms with Crippen LogP contribution in [0, 0.1) is 0 Å². The smallest absolute Gasteiger partial charge is 0.894 e. The molecule has 4 nitrogen and oxygen atoms in total. The molecular formula is O4RuSi. The van der Waals surface area contributed by atoms with Crippen molar-refractivity contribution in [2.75, 3.05) is 0 Å². The fraction of sp³-hybridized carbons (Fsp3) is 0. The zero-order valence-corrected chi connectivity index (χ0v) is 5.22. The molecule has 0 fully saturated rings. The van der Waals surface area contributed by atoms with Gasteiger partial charge in [-0.05, 0) is 0 Å². The van der Waals surface area contributed by atoms with Gasteiger partial charge in [0.15, 0.2) is 0 Å². The Balaban J connectivity index is 0. The summed E-state index contributed by atoms with van der Waals surface area (Å²) in [5, 5.41) is 0. The number of hydrogen-bond donors (Lipinski definition) is 0. The van der Waals surface area contributed by atoms with Crippen LogP contribution in [0.1, 0.15) is 0 Å². The van der Waals surface area contributed by atoms with Gasteiger partial charge < -0.3 is 28.2 Å². The Labute approximate surface area is 48.3 Å². The summed E-state index contributed by atoms with van der Waals surface area (Å²) in [5.74, 6) is 0. The molecule has 0 spiro atoms.